The summed E-state index contributed by atoms with van der Waals surface area (Å²) >= 11 is 0. The maximum absolute atomic E-state index is 13.8. The minimum absolute atomic E-state index is 0.155. The number of rotatable bonds is 10. The minimum Gasteiger partial charge on any atom is -0.497 e. The van der Waals surface area contributed by atoms with Gasteiger partial charge in [-0.05, 0) is 48.0 Å². The van der Waals surface area contributed by atoms with Crippen LogP contribution in [0, 0.1) is 5.82 Å². The molecule has 3 aromatic rings. The molecule has 1 aliphatic rings. The molecule has 4 rings (SSSR count). The number of halogens is 1. The summed E-state index contributed by atoms with van der Waals surface area (Å²) in [7, 11) is 4.70. The van der Waals surface area contributed by atoms with E-state index in [1.165, 1.54) is 35.2 Å². The second-order valence-electron chi connectivity index (χ2n) is 8.74. The molecule has 0 N–H and O–H groups in total. The quantitative estimate of drug-likeness (QED) is 0.399. The van der Waals surface area contributed by atoms with Crippen molar-refractivity contribution < 1.29 is 28.2 Å². The molecule has 0 aliphatic carbocycles. The van der Waals surface area contributed by atoms with Crippen molar-refractivity contribution in [1.29, 1.82) is 0 Å². The van der Waals surface area contributed by atoms with Gasteiger partial charge in [0, 0.05) is 31.2 Å². The molecule has 0 saturated heterocycles. The Morgan fingerprint density at radius 2 is 1.71 bits per heavy atom. The fraction of sp³-hybridized carbons (Fsp3) is 0.276. The third-order valence-electron chi connectivity index (χ3n) is 6.32. The van der Waals surface area contributed by atoms with Gasteiger partial charge in [-0.25, -0.2) is 9.40 Å². The van der Waals surface area contributed by atoms with Gasteiger partial charge in [0.25, 0.3) is 11.8 Å². The highest BCUT2D eigenvalue weighted by atomic mass is 19.1. The summed E-state index contributed by atoms with van der Waals surface area (Å²) in [5.74, 6) is 0.0181. The lowest BCUT2D eigenvalue weighted by atomic mass is 9.98. The van der Waals surface area contributed by atoms with E-state index >= 15 is 0 Å². The molecule has 1 aliphatic heterocycles. The van der Waals surface area contributed by atoms with Crippen LogP contribution in [-0.2, 0) is 9.53 Å². The van der Waals surface area contributed by atoms with Crippen LogP contribution in [0.3, 0.4) is 0 Å². The van der Waals surface area contributed by atoms with Crippen molar-refractivity contribution in [2.45, 2.75) is 12.5 Å². The van der Waals surface area contributed by atoms with Crippen molar-refractivity contribution in [3.63, 3.8) is 0 Å². The van der Waals surface area contributed by atoms with Crippen LogP contribution in [0.25, 0.3) is 0 Å². The highest BCUT2D eigenvalue weighted by Gasteiger charge is 2.34. The zero-order valence-corrected chi connectivity index (χ0v) is 21.6. The van der Waals surface area contributed by atoms with Gasteiger partial charge in [0.05, 0.1) is 32.6 Å². The predicted octanol–water partition coefficient (Wildman–Crippen LogP) is 4.31. The van der Waals surface area contributed by atoms with Crippen LogP contribution < -0.4 is 9.47 Å². The molecule has 38 heavy (non-hydrogen) atoms. The number of carbonyl (C=O) groups is 2. The lowest BCUT2D eigenvalue weighted by Crippen LogP contribution is -2.42. The predicted molar refractivity (Wildman–Crippen MR) is 141 cm³/mol. The molecule has 1 heterocycles. The van der Waals surface area contributed by atoms with Gasteiger partial charge in [-0.15, -0.1) is 0 Å². The Kier molecular flexibility index (Phi) is 8.70. The molecule has 0 aromatic heterocycles. The van der Waals surface area contributed by atoms with Crippen LogP contribution in [0.4, 0.5) is 4.39 Å². The molecule has 0 bridgehead atoms. The van der Waals surface area contributed by atoms with E-state index in [4.69, 9.17) is 19.3 Å². The number of hydrogen-bond donors (Lipinski definition) is 0. The van der Waals surface area contributed by atoms with Gasteiger partial charge in [0.1, 0.15) is 23.9 Å². The highest BCUT2D eigenvalue weighted by Crippen LogP contribution is 2.34. The summed E-state index contributed by atoms with van der Waals surface area (Å²) in [5, 5.41) is 6.12. The first-order chi connectivity index (χ1) is 18.4. The van der Waals surface area contributed by atoms with Crippen molar-refractivity contribution in [2.75, 3.05) is 41.0 Å². The average molecular weight is 520 g/mol. The molecule has 0 fully saturated rings. The van der Waals surface area contributed by atoms with Gasteiger partial charge >= 0.3 is 0 Å². The molecule has 198 valence electrons. The van der Waals surface area contributed by atoms with Gasteiger partial charge in [-0.1, -0.05) is 30.3 Å². The summed E-state index contributed by atoms with van der Waals surface area (Å²) in [4.78, 5) is 28.2. The number of amides is 2. The molecule has 9 heteroatoms. The van der Waals surface area contributed by atoms with Crippen molar-refractivity contribution in [1.82, 2.24) is 9.91 Å². The zero-order valence-electron chi connectivity index (χ0n) is 21.6. The smallest absolute Gasteiger partial charge is 0.262 e. The van der Waals surface area contributed by atoms with Crippen LogP contribution in [0.1, 0.15) is 33.9 Å². The Morgan fingerprint density at radius 3 is 2.39 bits per heavy atom. The Bertz CT molecular complexity index is 1310. The third kappa shape index (κ3) is 6.18. The van der Waals surface area contributed by atoms with Crippen LogP contribution >= 0.6 is 0 Å². The fourth-order valence-electron chi connectivity index (χ4n) is 4.30. The Hall–Kier alpha value is -4.24. The van der Waals surface area contributed by atoms with E-state index in [0.717, 1.165) is 22.9 Å². The second kappa shape index (κ2) is 12.3. The molecule has 8 nitrogen and oxygen atoms in total. The maximum atomic E-state index is 13.8. The van der Waals surface area contributed by atoms with Crippen LogP contribution in [0.15, 0.2) is 77.9 Å². The molecule has 0 radical (unpaired) electrons. The Labute approximate surface area is 221 Å². The first-order valence-electron chi connectivity index (χ1n) is 12.1. The van der Waals surface area contributed by atoms with Gasteiger partial charge in [-0.2, -0.15) is 5.10 Å². The molecule has 3 aromatic carbocycles. The normalized spacial score (nSPS) is 14.7. The lowest BCUT2D eigenvalue weighted by molar-refractivity contribution is -0.133. The van der Waals surface area contributed by atoms with Crippen LogP contribution in [0.2, 0.25) is 0 Å². The van der Waals surface area contributed by atoms with Crippen molar-refractivity contribution >= 4 is 17.5 Å². The van der Waals surface area contributed by atoms with E-state index in [9.17, 15) is 14.0 Å². The monoisotopic (exact) mass is 519 g/mol. The first-order valence-corrected chi connectivity index (χ1v) is 12.1. The minimum atomic E-state index is -0.527. The average Bonchev–Trinajstić information content (AvgIpc) is 3.41. The largest absolute Gasteiger partial charge is 0.497 e. The number of methoxy groups -OCH3 is 3. The summed E-state index contributed by atoms with van der Waals surface area (Å²) < 4.78 is 29.6. The van der Waals surface area contributed by atoms with Crippen molar-refractivity contribution in [2.24, 2.45) is 5.10 Å². The van der Waals surface area contributed by atoms with E-state index in [1.807, 2.05) is 48.5 Å². The third-order valence-corrected chi connectivity index (χ3v) is 6.32. The van der Waals surface area contributed by atoms with Crippen LogP contribution in [0.5, 0.6) is 11.5 Å². The SMILES string of the molecule is COCCN(CC(=O)N1N=C(c2cccc(OC)c2)C[C@@H]1c1ccc(OC)cc1)C(=O)c1cccc(F)c1. The van der Waals surface area contributed by atoms with Gasteiger partial charge in [0.2, 0.25) is 0 Å². The Morgan fingerprint density at radius 1 is 0.974 bits per heavy atom. The number of nitrogens with zero attached hydrogens (tertiary/aromatic N) is 3. The van der Waals surface area contributed by atoms with E-state index in [1.54, 1.807) is 14.2 Å². The van der Waals surface area contributed by atoms with Crippen molar-refractivity contribution in [3.8, 4) is 11.5 Å². The molecule has 0 unspecified atom stereocenters. The van der Waals surface area contributed by atoms with Gasteiger partial charge < -0.3 is 19.1 Å². The summed E-state index contributed by atoms with van der Waals surface area (Å²) in [6, 6.07) is 20.0. The van der Waals surface area contributed by atoms with E-state index < -0.39 is 11.7 Å². The standard InChI is InChI=1S/C29H30FN3O5/c1-36-15-14-32(29(35)22-7-4-8-23(30)16-22)19-28(34)33-27(20-10-12-24(37-2)13-11-20)18-26(31-33)21-6-5-9-25(17-21)38-3/h4-13,16-17,27H,14-15,18-19H2,1-3H3/t27-/m1/s1. The topological polar surface area (TPSA) is 80.7 Å². The molecule has 0 spiro atoms. The number of carbonyl (C=O) groups excluding carboxylic acids is 2. The van der Waals surface area contributed by atoms with Crippen molar-refractivity contribution in [3.05, 3.63) is 95.3 Å². The Balaban J connectivity index is 1.64. The van der Waals surface area contributed by atoms with Gasteiger partial charge in [0.15, 0.2) is 0 Å². The molecule has 2 amide bonds. The fourth-order valence-corrected chi connectivity index (χ4v) is 4.30. The number of hydrazone groups is 1. The highest BCUT2D eigenvalue weighted by molar-refractivity contribution is 6.04. The summed E-state index contributed by atoms with van der Waals surface area (Å²) in [6.07, 6.45) is 0.473. The lowest BCUT2D eigenvalue weighted by Gasteiger charge is -2.27. The van der Waals surface area contributed by atoms with E-state index in [2.05, 4.69) is 0 Å². The molecule has 0 saturated carbocycles. The summed E-state index contributed by atoms with van der Waals surface area (Å²) in [6.45, 7) is 0.125. The number of hydrogen-bond acceptors (Lipinski definition) is 6. The zero-order chi connectivity index (χ0) is 27.1. The van der Waals surface area contributed by atoms with E-state index in [0.29, 0.717) is 17.9 Å². The first kappa shape index (κ1) is 26.8. The molecule has 1 atom stereocenters. The number of benzene rings is 3. The van der Waals surface area contributed by atoms with E-state index in [-0.39, 0.29) is 37.2 Å². The van der Waals surface area contributed by atoms with Crippen LogP contribution in [-0.4, -0.2) is 68.5 Å². The number of ether oxygens (including phenoxy) is 3. The molecular weight excluding hydrogens is 489 g/mol. The maximum Gasteiger partial charge on any atom is 0.262 e. The second-order valence-corrected chi connectivity index (χ2v) is 8.74. The molecular formula is C29H30FN3O5. The summed E-state index contributed by atoms with van der Waals surface area (Å²) in [5.41, 5.74) is 2.59. The van der Waals surface area contributed by atoms with Gasteiger partial charge in [-0.3, -0.25) is 9.59 Å².